The zero-order valence-electron chi connectivity index (χ0n) is 18.3. The fourth-order valence-electron chi connectivity index (χ4n) is 4.36. The van der Waals surface area contributed by atoms with Crippen LogP contribution >= 0.6 is 0 Å². The Morgan fingerprint density at radius 3 is 2.29 bits per heavy atom. The number of amides is 1. The number of carbonyl (C=O) groups excluding carboxylic acids is 2. The lowest BCUT2D eigenvalue weighted by Gasteiger charge is -2.32. The van der Waals surface area contributed by atoms with E-state index in [0.717, 1.165) is 11.3 Å². The minimum absolute atomic E-state index is 0.0384. The molecule has 0 unspecified atom stereocenters. The Bertz CT molecular complexity index is 1240. The molecule has 0 atom stereocenters. The van der Waals surface area contributed by atoms with E-state index in [2.05, 4.69) is 0 Å². The number of Topliss-reactive ketones (excluding diaryl/α,β-unsaturated/α-hetero) is 1. The molecule has 1 amide bonds. The van der Waals surface area contributed by atoms with Gasteiger partial charge in [0.1, 0.15) is 5.56 Å². The molecule has 0 bridgehead atoms. The van der Waals surface area contributed by atoms with Crippen molar-refractivity contribution in [2.45, 2.75) is 33.6 Å². The summed E-state index contributed by atoms with van der Waals surface area (Å²) in [4.78, 5) is 41.9. The Kier molecular flexibility index (Phi) is 5.13. The molecule has 0 aliphatic heterocycles. The van der Waals surface area contributed by atoms with Gasteiger partial charge >= 0.3 is 0 Å². The summed E-state index contributed by atoms with van der Waals surface area (Å²) < 4.78 is 1.42. The molecular weight excluding hydrogens is 388 g/mol. The molecule has 0 radical (unpaired) electrons. The number of pyridine rings is 1. The number of rotatable bonds is 3. The van der Waals surface area contributed by atoms with E-state index in [1.807, 2.05) is 63.2 Å². The molecule has 1 aromatic heterocycles. The first-order valence-corrected chi connectivity index (χ1v) is 10.4. The number of anilines is 1. The first-order valence-electron chi connectivity index (χ1n) is 10.4. The highest BCUT2D eigenvalue weighted by molar-refractivity contribution is 6.10. The monoisotopic (exact) mass is 414 g/mol. The lowest BCUT2D eigenvalue weighted by molar-refractivity contribution is 0.0910. The van der Waals surface area contributed by atoms with Crippen molar-refractivity contribution in [2.75, 3.05) is 11.9 Å². The number of fused-ring (bicyclic) bond motifs is 1. The minimum atomic E-state index is -0.402. The SMILES string of the molecule is Cc1ccccc1N(C)C(=O)c1c2c(cn(-c3ccccc3)c1=O)C(=O)CC(C)(C)C2. The van der Waals surface area contributed by atoms with Gasteiger partial charge in [-0.1, -0.05) is 50.2 Å². The first-order chi connectivity index (χ1) is 14.7. The van der Waals surface area contributed by atoms with Gasteiger partial charge in [-0.2, -0.15) is 0 Å². The number of aromatic nitrogens is 1. The molecule has 0 N–H and O–H groups in total. The summed E-state index contributed by atoms with van der Waals surface area (Å²) in [7, 11) is 1.67. The zero-order valence-corrected chi connectivity index (χ0v) is 18.3. The van der Waals surface area contributed by atoms with Crippen molar-refractivity contribution in [3.05, 3.63) is 93.4 Å². The van der Waals surface area contributed by atoms with Gasteiger partial charge in [-0.15, -0.1) is 0 Å². The maximum Gasteiger partial charge on any atom is 0.268 e. The van der Waals surface area contributed by atoms with Crippen LogP contribution in [0.2, 0.25) is 0 Å². The van der Waals surface area contributed by atoms with Gasteiger partial charge in [0.15, 0.2) is 5.78 Å². The van der Waals surface area contributed by atoms with Crippen LogP contribution in [-0.2, 0) is 6.42 Å². The van der Waals surface area contributed by atoms with Crippen LogP contribution in [0.25, 0.3) is 5.69 Å². The van der Waals surface area contributed by atoms with Crippen molar-refractivity contribution in [3.63, 3.8) is 0 Å². The largest absolute Gasteiger partial charge is 0.311 e. The van der Waals surface area contributed by atoms with Crippen LogP contribution in [0, 0.1) is 12.3 Å². The van der Waals surface area contributed by atoms with E-state index in [1.165, 1.54) is 9.47 Å². The predicted molar refractivity (Wildman–Crippen MR) is 122 cm³/mol. The van der Waals surface area contributed by atoms with Crippen LogP contribution in [0.3, 0.4) is 0 Å². The summed E-state index contributed by atoms with van der Waals surface area (Å²) in [5, 5.41) is 0. The lowest BCUT2D eigenvalue weighted by atomic mass is 9.73. The molecule has 0 spiro atoms. The third-order valence-electron chi connectivity index (χ3n) is 5.94. The molecule has 2 aromatic carbocycles. The average molecular weight is 415 g/mol. The smallest absolute Gasteiger partial charge is 0.268 e. The van der Waals surface area contributed by atoms with E-state index in [1.54, 1.807) is 25.4 Å². The fourth-order valence-corrected chi connectivity index (χ4v) is 4.36. The highest BCUT2D eigenvalue weighted by Gasteiger charge is 2.36. The van der Waals surface area contributed by atoms with E-state index in [0.29, 0.717) is 29.7 Å². The van der Waals surface area contributed by atoms with Gasteiger partial charge in [-0.25, -0.2) is 0 Å². The van der Waals surface area contributed by atoms with Crippen molar-refractivity contribution in [1.82, 2.24) is 4.57 Å². The Morgan fingerprint density at radius 1 is 0.968 bits per heavy atom. The number of carbonyl (C=O) groups is 2. The summed E-state index contributed by atoms with van der Waals surface area (Å²) >= 11 is 0. The van der Waals surface area contributed by atoms with Crippen LogP contribution in [0.4, 0.5) is 5.69 Å². The van der Waals surface area contributed by atoms with Gasteiger partial charge in [-0.05, 0) is 48.1 Å². The normalized spacial score (nSPS) is 14.8. The average Bonchev–Trinajstić information content (AvgIpc) is 2.73. The van der Waals surface area contributed by atoms with E-state index in [9.17, 15) is 14.4 Å². The summed E-state index contributed by atoms with van der Waals surface area (Å²) in [6.45, 7) is 5.92. The van der Waals surface area contributed by atoms with Crippen molar-refractivity contribution < 1.29 is 9.59 Å². The van der Waals surface area contributed by atoms with Crippen LogP contribution in [0.1, 0.15) is 52.1 Å². The third-order valence-corrected chi connectivity index (χ3v) is 5.94. The number of para-hydroxylation sites is 2. The maximum absolute atomic E-state index is 13.7. The fraction of sp³-hybridized carbons (Fsp3) is 0.269. The van der Waals surface area contributed by atoms with Gasteiger partial charge in [-0.3, -0.25) is 19.0 Å². The summed E-state index contributed by atoms with van der Waals surface area (Å²) in [5.74, 6) is -0.435. The molecule has 1 aliphatic carbocycles. The quantitative estimate of drug-likeness (QED) is 0.630. The minimum Gasteiger partial charge on any atom is -0.311 e. The first kappa shape index (κ1) is 20.8. The number of hydrogen-bond acceptors (Lipinski definition) is 3. The molecule has 0 saturated carbocycles. The lowest BCUT2D eigenvalue weighted by Crippen LogP contribution is -2.39. The highest BCUT2D eigenvalue weighted by atomic mass is 16.2. The third kappa shape index (κ3) is 3.72. The second-order valence-electron chi connectivity index (χ2n) is 9.00. The van der Waals surface area contributed by atoms with Crippen LogP contribution in [0.5, 0.6) is 0 Å². The molecule has 5 nitrogen and oxygen atoms in total. The Hall–Kier alpha value is -3.47. The Morgan fingerprint density at radius 2 is 1.61 bits per heavy atom. The molecule has 5 heteroatoms. The number of ketones is 1. The van der Waals surface area contributed by atoms with Crippen molar-refractivity contribution >= 4 is 17.4 Å². The second kappa shape index (κ2) is 7.65. The summed E-state index contributed by atoms with van der Waals surface area (Å²) in [5.41, 5.74) is 2.68. The van der Waals surface area contributed by atoms with Crippen LogP contribution in [0.15, 0.2) is 65.6 Å². The van der Waals surface area contributed by atoms with Gasteiger partial charge < -0.3 is 4.90 Å². The van der Waals surface area contributed by atoms with Crippen molar-refractivity contribution in [3.8, 4) is 5.69 Å². The van der Waals surface area contributed by atoms with E-state index < -0.39 is 11.5 Å². The van der Waals surface area contributed by atoms with Crippen LogP contribution in [-0.4, -0.2) is 23.3 Å². The number of nitrogens with zero attached hydrogens (tertiary/aromatic N) is 2. The molecule has 3 aromatic rings. The number of hydrogen-bond donors (Lipinski definition) is 0. The van der Waals surface area contributed by atoms with Gasteiger partial charge in [0.2, 0.25) is 0 Å². The molecule has 158 valence electrons. The molecule has 1 heterocycles. The predicted octanol–water partition coefficient (Wildman–Crippen LogP) is 4.58. The van der Waals surface area contributed by atoms with Crippen molar-refractivity contribution in [2.24, 2.45) is 5.41 Å². The van der Waals surface area contributed by atoms with E-state index in [4.69, 9.17) is 0 Å². The molecule has 31 heavy (non-hydrogen) atoms. The van der Waals surface area contributed by atoms with E-state index >= 15 is 0 Å². The molecule has 1 aliphatic rings. The van der Waals surface area contributed by atoms with Crippen LogP contribution < -0.4 is 10.5 Å². The summed E-state index contributed by atoms with van der Waals surface area (Å²) in [6, 6.07) is 16.7. The molecule has 4 rings (SSSR count). The zero-order chi connectivity index (χ0) is 22.3. The summed E-state index contributed by atoms with van der Waals surface area (Å²) in [6.07, 6.45) is 2.49. The highest BCUT2D eigenvalue weighted by Crippen LogP contribution is 2.36. The molecule has 0 fully saturated rings. The van der Waals surface area contributed by atoms with Gasteiger partial charge in [0, 0.05) is 36.6 Å². The second-order valence-corrected chi connectivity index (χ2v) is 9.00. The topological polar surface area (TPSA) is 59.4 Å². The molecule has 0 saturated heterocycles. The standard InChI is InChI=1S/C26H26N2O3/c1-17-10-8-9-13-21(17)27(4)24(30)23-19-14-26(2,3)15-22(29)20(19)16-28(25(23)31)18-11-6-5-7-12-18/h5-13,16H,14-15H2,1-4H3. The maximum atomic E-state index is 13.7. The number of aryl methyl sites for hydroxylation is 1. The van der Waals surface area contributed by atoms with Gasteiger partial charge in [0.05, 0.1) is 0 Å². The van der Waals surface area contributed by atoms with Crippen molar-refractivity contribution in [1.29, 1.82) is 0 Å². The van der Waals surface area contributed by atoms with E-state index in [-0.39, 0.29) is 16.8 Å². The Balaban J connectivity index is 1.97. The van der Waals surface area contributed by atoms with Gasteiger partial charge in [0.25, 0.3) is 11.5 Å². The molecular formula is C26H26N2O3. The number of benzene rings is 2. The Labute approximate surface area is 181 Å².